The largest absolute Gasteiger partial charge is 0.333 e. The van der Waals surface area contributed by atoms with Gasteiger partial charge in [0.25, 0.3) is 0 Å². The first-order chi connectivity index (χ1) is 32.6. The van der Waals surface area contributed by atoms with Crippen LogP contribution in [0.1, 0.15) is 23.1 Å². The van der Waals surface area contributed by atoms with Gasteiger partial charge in [0.05, 0.1) is 17.1 Å². The number of aryl methyl sites for hydroxylation is 2. The molecule has 0 N–H and O–H groups in total. The highest BCUT2D eigenvalue weighted by molar-refractivity contribution is 6.10. The highest BCUT2D eigenvalue weighted by Gasteiger charge is 2.36. The van der Waals surface area contributed by atoms with Gasteiger partial charge in [0.2, 0.25) is 0 Å². The summed E-state index contributed by atoms with van der Waals surface area (Å²) in [6.45, 7) is 4.30. The first-order valence-electron chi connectivity index (χ1n) is 22.9. The molecule has 12 rings (SSSR count). The Morgan fingerprint density at radius 2 is 0.924 bits per heavy atom. The number of allylic oxidation sites excluding steroid dienone is 1. The maximum Gasteiger partial charge on any atom is 0.0634 e. The summed E-state index contributed by atoms with van der Waals surface area (Å²) in [7, 11) is 0. The molecule has 1 aliphatic heterocycles. The molecule has 10 aromatic rings. The van der Waals surface area contributed by atoms with E-state index in [0.717, 1.165) is 40.5 Å². The average molecular weight is 849 g/mol. The fourth-order valence-electron chi connectivity index (χ4n) is 10.2. The van der Waals surface area contributed by atoms with Crippen LogP contribution in [0, 0.1) is 13.8 Å². The second-order valence-corrected chi connectivity index (χ2v) is 17.5. The van der Waals surface area contributed by atoms with E-state index < -0.39 is 0 Å². The van der Waals surface area contributed by atoms with Gasteiger partial charge < -0.3 is 19.3 Å². The van der Waals surface area contributed by atoms with Gasteiger partial charge in [-0.3, -0.25) is 0 Å². The van der Waals surface area contributed by atoms with Crippen molar-refractivity contribution in [2.45, 2.75) is 26.3 Å². The quantitative estimate of drug-likeness (QED) is 0.144. The highest BCUT2D eigenvalue weighted by atomic mass is 15.2. The molecule has 0 bridgehead atoms. The molecule has 66 heavy (non-hydrogen) atoms. The molecule has 0 saturated carbocycles. The van der Waals surface area contributed by atoms with Crippen LogP contribution < -0.4 is 14.7 Å². The summed E-state index contributed by atoms with van der Waals surface area (Å²) in [5, 5.41) is 2.46. The molecule has 0 radical (unpaired) electrons. The van der Waals surface area contributed by atoms with Gasteiger partial charge in [-0.15, -0.1) is 0 Å². The standard InChI is InChI=1S/C62H48N4/c1-43-21-29-49(30-22-43)63(53-37-39-61-57(41-53)55-17-9-11-19-59(55)65(61)47-13-5-3-6-14-47)51-33-25-45(26-34-51)46-27-35-52(36-28-46)64(50-31-23-44(2)24-32-50)54-38-40-62-58(42-54)56-18-10-12-20-60(56)66(62)48-15-7-4-8-16-48/h3-39,41-42,62H,40H2,1-2H3. The first kappa shape index (κ1) is 39.3. The Bertz CT molecular complexity index is 3440. The van der Waals surface area contributed by atoms with Crippen molar-refractivity contribution in [2.24, 2.45) is 0 Å². The van der Waals surface area contributed by atoms with Crippen molar-refractivity contribution >= 4 is 67.2 Å². The Morgan fingerprint density at radius 3 is 1.56 bits per heavy atom. The minimum atomic E-state index is 0.241. The molecule has 0 amide bonds. The SMILES string of the molecule is Cc1ccc(N(C2=CCC3C(=C2)c2ccccc2N3c2ccccc2)c2ccc(-c3ccc(N(c4ccc(C)cc4)c4ccc5c(c4)c4ccccc4n5-c4ccccc4)cc3)cc2)cc1. The second-order valence-electron chi connectivity index (χ2n) is 17.5. The van der Waals surface area contributed by atoms with Crippen LogP contribution in [0.25, 0.3) is 44.2 Å². The number of rotatable bonds is 9. The van der Waals surface area contributed by atoms with E-state index in [0.29, 0.717) is 0 Å². The van der Waals surface area contributed by atoms with Gasteiger partial charge in [-0.1, -0.05) is 139 Å². The second kappa shape index (κ2) is 16.3. The van der Waals surface area contributed by atoms with Gasteiger partial charge in [-0.05, 0) is 146 Å². The van der Waals surface area contributed by atoms with Gasteiger partial charge in [-0.25, -0.2) is 0 Å². The lowest BCUT2D eigenvalue weighted by Gasteiger charge is -2.33. The van der Waals surface area contributed by atoms with E-state index in [9.17, 15) is 0 Å². The lowest BCUT2D eigenvalue weighted by Crippen LogP contribution is -2.29. The molecular weight excluding hydrogens is 801 g/mol. The van der Waals surface area contributed by atoms with Crippen LogP contribution >= 0.6 is 0 Å². The van der Waals surface area contributed by atoms with E-state index in [4.69, 9.17) is 0 Å². The molecule has 0 saturated heterocycles. The summed E-state index contributed by atoms with van der Waals surface area (Å²) >= 11 is 0. The van der Waals surface area contributed by atoms with Crippen molar-refractivity contribution in [3.63, 3.8) is 0 Å². The summed E-state index contributed by atoms with van der Waals surface area (Å²) < 4.78 is 2.37. The van der Waals surface area contributed by atoms with Crippen LogP contribution in [0.3, 0.4) is 0 Å². The molecule has 1 aromatic heterocycles. The van der Waals surface area contributed by atoms with Crippen LogP contribution in [0.2, 0.25) is 0 Å². The van der Waals surface area contributed by atoms with E-state index in [1.54, 1.807) is 0 Å². The smallest absolute Gasteiger partial charge is 0.0634 e. The first-order valence-corrected chi connectivity index (χ1v) is 22.9. The third kappa shape index (κ3) is 6.86. The van der Waals surface area contributed by atoms with Crippen LogP contribution in [-0.4, -0.2) is 10.6 Å². The van der Waals surface area contributed by atoms with Crippen LogP contribution in [0.4, 0.5) is 39.8 Å². The molecule has 0 fully saturated rings. The lowest BCUT2D eigenvalue weighted by atomic mass is 9.93. The van der Waals surface area contributed by atoms with Crippen molar-refractivity contribution in [3.05, 3.63) is 259 Å². The van der Waals surface area contributed by atoms with Gasteiger partial charge >= 0.3 is 0 Å². The number of aromatic nitrogens is 1. The normalized spacial score (nSPS) is 14.2. The summed E-state index contributed by atoms with van der Waals surface area (Å²) in [6.07, 6.45) is 5.74. The van der Waals surface area contributed by atoms with Gasteiger partial charge in [-0.2, -0.15) is 0 Å². The number of hydrogen-bond acceptors (Lipinski definition) is 3. The number of benzene rings is 9. The molecule has 4 heteroatoms. The van der Waals surface area contributed by atoms with Crippen molar-refractivity contribution in [1.82, 2.24) is 4.57 Å². The van der Waals surface area contributed by atoms with E-state index in [2.05, 4.69) is 270 Å². The summed E-state index contributed by atoms with van der Waals surface area (Å²) in [6, 6.07) is 82.0. The van der Waals surface area contributed by atoms with Crippen LogP contribution in [-0.2, 0) is 0 Å². The van der Waals surface area contributed by atoms with E-state index >= 15 is 0 Å². The monoisotopic (exact) mass is 848 g/mol. The zero-order valence-electron chi connectivity index (χ0n) is 37.1. The minimum Gasteiger partial charge on any atom is -0.333 e. The van der Waals surface area contributed by atoms with Crippen molar-refractivity contribution in [2.75, 3.05) is 14.7 Å². The molecule has 2 heterocycles. The average Bonchev–Trinajstić information content (AvgIpc) is 3.89. The Labute approximate surface area is 386 Å². The Balaban J connectivity index is 0.885. The van der Waals surface area contributed by atoms with Crippen LogP contribution in [0.5, 0.6) is 0 Å². The molecule has 9 aromatic carbocycles. The third-order valence-electron chi connectivity index (χ3n) is 13.4. The Morgan fingerprint density at radius 1 is 0.424 bits per heavy atom. The highest BCUT2D eigenvalue weighted by Crippen LogP contribution is 2.49. The molecule has 1 aliphatic carbocycles. The number of nitrogens with zero attached hydrogens (tertiary/aromatic N) is 4. The molecular formula is C62H48N4. The van der Waals surface area contributed by atoms with E-state index in [1.807, 2.05) is 0 Å². The number of anilines is 7. The summed E-state index contributed by atoms with van der Waals surface area (Å²) in [5.41, 5.74) is 20.3. The fourth-order valence-corrected chi connectivity index (χ4v) is 10.2. The topological polar surface area (TPSA) is 14.7 Å². The predicted octanol–water partition coefficient (Wildman–Crippen LogP) is 16.6. The molecule has 2 aliphatic rings. The van der Waals surface area contributed by atoms with Gasteiger partial charge in [0.15, 0.2) is 0 Å². The molecule has 4 nitrogen and oxygen atoms in total. The lowest BCUT2D eigenvalue weighted by molar-refractivity contribution is 0.820. The van der Waals surface area contributed by atoms with E-state index in [1.165, 1.54) is 72.3 Å². The van der Waals surface area contributed by atoms with Crippen molar-refractivity contribution in [3.8, 4) is 16.8 Å². The number of para-hydroxylation sites is 4. The molecule has 316 valence electrons. The van der Waals surface area contributed by atoms with E-state index in [-0.39, 0.29) is 6.04 Å². The van der Waals surface area contributed by atoms with Crippen molar-refractivity contribution < 1.29 is 0 Å². The fraction of sp³-hybridized carbons (Fsp3) is 0.0645. The maximum atomic E-state index is 2.51. The molecule has 1 unspecified atom stereocenters. The Hall–Kier alpha value is -8.34. The molecule has 1 atom stereocenters. The zero-order chi connectivity index (χ0) is 44.1. The summed E-state index contributed by atoms with van der Waals surface area (Å²) in [4.78, 5) is 7.30. The minimum absolute atomic E-state index is 0.241. The van der Waals surface area contributed by atoms with Gasteiger partial charge in [0.1, 0.15) is 0 Å². The van der Waals surface area contributed by atoms with Gasteiger partial charge in [0, 0.05) is 67.5 Å². The third-order valence-corrected chi connectivity index (χ3v) is 13.4. The van der Waals surface area contributed by atoms with Crippen molar-refractivity contribution in [1.29, 1.82) is 0 Å². The molecule has 0 spiro atoms. The zero-order valence-corrected chi connectivity index (χ0v) is 37.1. The summed E-state index contributed by atoms with van der Waals surface area (Å²) in [5.74, 6) is 0. The number of hydrogen-bond donors (Lipinski definition) is 0. The van der Waals surface area contributed by atoms with Crippen LogP contribution in [0.15, 0.2) is 242 Å². The maximum absolute atomic E-state index is 2.51. The number of fused-ring (bicyclic) bond motifs is 6. The Kier molecular flexibility index (Phi) is 9.72. The predicted molar refractivity (Wildman–Crippen MR) is 278 cm³/mol.